The van der Waals surface area contributed by atoms with Crippen LogP contribution in [0.15, 0.2) is 0 Å². The van der Waals surface area contributed by atoms with Crippen molar-refractivity contribution in [2.24, 2.45) is 17.8 Å². The van der Waals surface area contributed by atoms with E-state index in [1.54, 1.807) is 0 Å². The van der Waals surface area contributed by atoms with Crippen LogP contribution in [0.25, 0.3) is 0 Å². The first-order chi connectivity index (χ1) is 12.3. The van der Waals surface area contributed by atoms with E-state index in [-0.39, 0.29) is 17.8 Å². The fourth-order valence-electron chi connectivity index (χ4n) is 3.83. The van der Waals surface area contributed by atoms with E-state index in [0.29, 0.717) is 12.8 Å². The number of halogens is 4. The summed E-state index contributed by atoms with van der Waals surface area (Å²) >= 11 is 0. The first-order valence-electron chi connectivity index (χ1n) is 7.57. The molecule has 3 fully saturated rings. The molecule has 1 heterocycles. The number of esters is 3. The second-order valence-corrected chi connectivity index (χ2v) is 8.01. The summed E-state index contributed by atoms with van der Waals surface area (Å²) in [5, 5.41) is -5.75. The fraction of sp³-hybridized carbons (Fsp3) is 0.769. The minimum absolute atomic E-state index is 0.147. The normalized spacial score (nSPS) is 34.1. The molecule has 0 aromatic rings. The topological polar surface area (TPSA) is 133 Å². The highest BCUT2D eigenvalue weighted by molar-refractivity contribution is 7.88. The average molecular weight is 420 g/mol. The lowest BCUT2D eigenvalue weighted by Gasteiger charge is -2.25. The number of hydrogen-bond donors (Lipinski definition) is 1. The zero-order valence-corrected chi connectivity index (χ0v) is 14.0. The average Bonchev–Trinajstić information content (AvgIpc) is 3.14. The van der Waals surface area contributed by atoms with Gasteiger partial charge in [-0.3, -0.25) is 9.35 Å². The minimum Gasteiger partial charge on any atom is -0.458 e. The van der Waals surface area contributed by atoms with Crippen LogP contribution in [-0.4, -0.2) is 60.9 Å². The van der Waals surface area contributed by atoms with Crippen LogP contribution in [0, 0.1) is 17.8 Å². The van der Waals surface area contributed by atoms with Crippen molar-refractivity contribution >= 4 is 28.0 Å². The van der Waals surface area contributed by atoms with E-state index in [2.05, 4.69) is 4.74 Å². The van der Waals surface area contributed by atoms with Crippen molar-refractivity contribution in [1.82, 2.24) is 0 Å². The second-order valence-electron chi connectivity index (χ2n) is 6.50. The molecule has 152 valence electrons. The van der Waals surface area contributed by atoms with Crippen LogP contribution in [0.2, 0.25) is 0 Å². The largest absolute Gasteiger partial charge is 0.458 e. The lowest BCUT2D eigenvalue weighted by molar-refractivity contribution is -0.216. The van der Waals surface area contributed by atoms with Crippen molar-refractivity contribution in [3.63, 3.8) is 0 Å². The Kier molecular flexibility index (Phi) is 4.41. The Bertz CT molecular complexity index is 794. The van der Waals surface area contributed by atoms with Gasteiger partial charge in [-0.05, 0) is 12.8 Å². The van der Waals surface area contributed by atoms with Crippen LogP contribution < -0.4 is 0 Å². The maximum atomic E-state index is 13.7. The molecule has 3 aliphatic rings. The van der Waals surface area contributed by atoms with Gasteiger partial charge in [-0.25, -0.2) is 14.0 Å². The Balaban J connectivity index is 1.61. The zero-order valence-electron chi connectivity index (χ0n) is 13.1. The van der Waals surface area contributed by atoms with Gasteiger partial charge in [-0.2, -0.15) is 21.6 Å². The molecule has 2 saturated carbocycles. The molecule has 0 aromatic heterocycles. The molecule has 1 aliphatic heterocycles. The molecular formula is C13H12F4O9S. The predicted octanol–water partition coefficient (Wildman–Crippen LogP) is 0.139. The number of carbonyl (C=O) groups is 3. The van der Waals surface area contributed by atoms with Gasteiger partial charge in [0.1, 0.15) is 12.2 Å². The van der Waals surface area contributed by atoms with E-state index in [0.717, 1.165) is 0 Å². The molecule has 3 rings (SSSR count). The Morgan fingerprint density at radius 2 is 1.85 bits per heavy atom. The van der Waals surface area contributed by atoms with Crippen molar-refractivity contribution in [3.8, 4) is 0 Å². The maximum Gasteiger partial charge on any atom is 0.451 e. The van der Waals surface area contributed by atoms with Crippen molar-refractivity contribution in [3.05, 3.63) is 0 Å². The van der Waals surface area contributed by atoms with Gasteiger partial charge in [-0.15, -0.1) is 0 Å². The SMILES string of the molecule is O=C(COC(=O)C(F)(C(F)(F)F)S(=O)(=O)O)OC1C2OC(=O)C3C[C@@H]1CC32. The summed E-state index contributed by atoms with van der Waals surface area (Å²) < 4.78 is 94.9. The molecule has 27 heavy (non-hydrogen) atoms. The molecular weight excluding hydrogens is 408 g/mol. The highest BCUT2D eigenvalue weighted by Crippen LogP contribution is 2.55. The summed E-state index contributed by atoms with van der Waals surface area (Å²) in [5.74, 6) is -5.51. The molecule has 0 spiro atoms. The Morgan fingerprint density at radius 1 is 1.22 bits per heavy atom. The van der Waals surface area contributed by atoms with Crippen molar-refractivity contribution < 1.29 is 59.1 Å². The van der Waals surface area contributed by atoms with E-state index in [1.165, 1.54) is 0 Å². The smallest absolute Gasteiger partial charge is 0.451 e. The molecule has 2 aliphatic carbocycles. The van der Waals surface area contributed by atoms with Gasteiger partial charge in [0.25, 0.3) is 0 Å². The number of fused-ring (bicyclic) bond motifs is 1. The zero-order chi connectivity index (χ0) is 20.4. The Hall–Kier alpha value is -1.96. The molecule has 0 radical (unpaired) electrons. The molecule has 0 aromatic carbocycles. The van der Waals surface area contributed by atoms with Crippen LogP contribution >= 0.6 is 0 Å². The first kappa shape index (κ1) is 19.8. The number of alkyl halides is 4. The van der Waals surface area contributed by atoms with Crippen molar-refractivity contribution in [1.29, 1.82) is 0 Å². The van der Waals surface area contributed by atoms with Crippen LogP contribution in [0.3, 0.4) is 0 Å². The number of rotatable bonds is 5. The lowest BCUT2D eigenvalue weighted by Crippen LogP contribution is -2.55. The van der Waals surface area contributed by atoms with Gasteiger partial charge < -0.3 is 14.2 Å². The molecule has 0 amide bonds. The first-order valence-corrected chi connectivity index (χ1v) is 9.01. The summed E-state index contributed by atoms with van der Waals surface area (Å²) in [6, 6.07) is 0. The van der Waals surface area contributed by atoms with Crippen LogP contribution in [0.1, 0.15) is 12.8 Å². The van der Waals surface area contributed by atoms with Gasteiger partial charge in [0.05, 0.1) is 5.92 Å². The van der Waals surface area contributed by atoms with Gasteiger partial charge in [-0.1, -0.05) is 0 Å². The van der Waals surface area contributed by atoms with Crippen LogP contribution in [0.4, 0.5) is 17.6 Å². The highest BCUT2D eigenvalue weighted by Gasteiger charge is 2.73. The molecule has 5 unspecified atom stereocenters. The number of hydrogen-bond acceptors (Lipinski definition) is 8. The molecule has 6 atom stereocenters. The Labute approximate surface area is 148 Å². The van der Waals surface area contributed by atoms with Crippen LogP contribution in [-0.2, 0) is 38.7 Å². The van der Waals surface area contributed by atoms with E-state index in [1.807, 2.05) is 0 Å². The maximum absolute atomic E-state index is 13.7. The quantitative estimate of drug-likeness (QED) is 0.285. The van der Waals surface area contributed by atoms with E-state index < -0.39 is 58.0 Å². The van der Waals surface area contributed by atoms with Crippen molar-refractivity contribution in [2.45, 2.75) is 36.2 Å². The summed E-state index contributed by atoms with van der Waals surface area (Å²) in [4.78, 5) is 34.5. The van der Waals surface area contributed by atoms with Gasteiger partial charge in [0.15, 0.2) is 6.61 Å². The van der Waals surface area contributed by atoms with E-state index in [9.17, 15) is 40.4 Å². The van der Waals surface area contributed by atoms with Crippen molar-refractivity contribution in [2.75, 3.05) is 6.61 Å². The summed E-state index contributed by atoms with van der Waals surface area (Å²) in [6.45, 7) is -1.53. The summed E-state index contributed by atoms with van der Waals surface area (Å²) in [6.07, 6.45) is -7.00. The van der Waals surface area contributed by atoms with E-state index in [4.69, 9.17) is 14.0 Å². The monoisotopic (exact) mass is 420 g/mol. The van der Waals surface area contributed by atoms with Gasteiger partial charge in [0, 0.05) is 11.8 Å². The van der Waals surface area contributed by atoms with Crippen LogP contribution in [0.5, 0.6) is 0 Å². The fourth-order valence-corrected chi connectivity index (χ4v) is 4.40. The third-order valence-electron chi connectivity index (χ3n) is 4.99. The Morgan fingerprint density at radius 3 is 2.41 bits per heavy atom. The third-order valence-corrected chi connectivity index (χ3v) is 6.09. The molecule has 9 nitrogen and oxygen atoms in total. The molecule has 2 bridgehead atoms. The second kappa shape index (κ2) is 6.02. The summed E-state index contributed by atoms with van der Waals surface area (Å²) in [5.41, 5.74) is 0. The standard InChI is InChI=1S/C13H12F4O9S/c14-12(13(15,16)17,27(21,22)23)11(20)24-3-7(18)25-8-4-1-5-6(2-4)10(19)26-9(5)8/h4-6,8-9H,1-3H2,(H,21,22,23)/t4-,5?,6?,8?,9?,12?/m0/s1. The lowest BCUT2D eigenvalue weighted by atomic mass is 9.88. The number of carbonyl (C=O) groups excluding carboxylic acids is 3. The molecule has 1 saturated heterocycles. The molecule has 1 N–H and O–H groups in total. The molecule has 14 heteroatoms. The summed E-state index contributed by atoms with van der Waals surface area (Å²) in [7, 11) is -6.59. The predicted molar refractivity (Wildman–Crippen MR) is 71.9 cm³/mol. The highest BCUT2D eigenvalue weighted by atomic mass is 32.2. The third kappa shape index (κ3) is 2.94. The van der Waals surface area contributed by atoms with Gasteiger partial charge >= 0.3 is 39.2 Å². The number of ether oxygens (including phenoxy) is 3. The minimum atomic E-state index is -6.59. The van der Waals surface area contributed by atoms with E-state index >= 15 is 0 Å². The van der Waals surface area contributed by atoms with Gasteiger partial charge in [0.2, 0.25) is 0 Å².